The van der Waals surface area contributed by atoms with Gasteiger partial charge in [0.1, 0.15) is 5.52 Å². The third kappa shape index (κ3) is 3.87. The van der Waals surface area contributed by atoms with Crippen molar-refractivity contribution in [2.75, 3.05) is 5.75 Å². The fourth-order valence-electron chi connectivity index (χ4n) is 2.98. The van der Waals surface area contributed by atoms with Gasteiger partial charge in [-0.1, -0.05) is 31.5 Å². The summed E-state index contributed by atoms with van der Waals surface area (Å²) in [6.07, 6.45) is 4.58. The molecule has 8 heteroatoms. The van der Waals surface area contributed by atoms with Gasteiger partial charge in [-0.25, -0.2) is 4.98 Å². The zero-order valence-corrected chi connectivity index (χ0v) is 14.2. The molecule has 1 heterocycles. The predicted octanol–water partition coefficient (Wildman–Crippen LogP) is 3.52. The second-order valence-corrected chi connectivity index (χ2v) is 7.04. The predicted molar refractivity (Wildman–Crippen MR) is 91.0 cm³/mol. The molecule has 128 valence electrons. The molecule has 2 atom stereocenters. The first-order valence-corrected chi connectivity index (χ1v) is 8.98. The molecular weight excluding hydrogens is 330 g/mol. The molecule has 1 aliphatic rings. The van der Waals surface area contributed by atoms with Crippen LogP contribution in [0.4, 0.5) is 5.69 Å². The Morgan fingerprint density at radius 2 is 2.25 bits per heavy atom. The number of amides is 1. The molecule has 0 bridgehead atoms. The summed E-state index contributed by atoms with van der Waals surface area (Å²) < 4.78 is 5.51. The maximum atomic E-state index is 12.1. The minimum Gasteiger partial charge on any atom is -0.431 e. The zero-order chi connectivity index (χ0) is 17.1. The molecule has 3 rings (SSSR count). The van der Waals surface area contributed by atoms with E-state index >= 15 is 0 Å². The molecule has 1 N–H and O–H groups in total. The number of rotatable bonds is 5. The molecule has 1 fully saturated rings. The van der Waals surface area contributed by atoms with Crippen LogP contribution in [0.15, 0.2) is 27.8 Å². The third-order valence-corrected chi connectivity index (χ3v) is 5.18. The van der Waals surface area contributed by atoms with Gasteiger partial charge in [-0.2, -0.15) is 0 Å². The van der Waals surface area contributed by atoms with Crippen LogP contribution >= 0.6 is 11.8 Å². The quantitative estimate of drug-likeness (QED) is 0.504. The molecule has 0 saturated heterocycles. The lowest BCUT2D eigenvalue weighted by atomic mass is 9.86. The van der Waals surface area contributed by atoms with Crippen molar-refractivity contribution >= 4 is 34.5 Å². The van der Waals surface area contributed by atoms with Gasteiger partial charge in [0, 0.05) is 18.2 Å². The number of hydrogen-bond acceptors (Lipinski definition) is 6. The molecule has 24 heavy (non-hydrogen) atoms. The first-order valence-electron chi connectivity index (χ1n) is 8.00. The number of nitrogens with one attached hydrogen (secondary N) is 1. The van der Waals surface area contributed by atoms with E-state index in [4.69, 9.17) is 4.42 Å². The molecule has 0 spiro atoms. The Morgan fingerprint density at radius 1 is 1.46 bits per heavy atom. The largest absolute Gasteiger partial charge is 0.431 e. The van der Waals surface area contributed by atoms with Gasteiger partial charge in [-0.15, -0.1) is 0 Å². The van der Waals surface area contributed by atoms with Crippen LogP contribution < -0.4 is 5.32 Å². The van der Waals surface area contributed by atoms with Crippen molar-refractivity contribution in [2.45, 2.75) is 43.9 Å². The number of aromatic nitrogens is 1. The molecule has 0 radical (unpaired) electrons. The Hall–Kier alpha value is -2.09. The lowest BCUT2D eigenvalue weighted by Gasteiger charge is -2.29. The Bertz CT molecular complexity index is 761. The zero-order valence-electron chi connectivity index (χ0n) is 13.4. The Morgan fingerprint density at radius 3 is 3.00 bits per heavy atom. The van der Waals surface area contributed by atoms with Crippen LogP contribution in [-0.2, 0) is 4.79 Å². The fraction of sp³-hybridized carbons (Fsp3) is 0.500. The van der Waals surface area contributed by atoms with Gasteiger partial charge >= 0.3 is 0 Å². The second-order valence-electron chi connectivity index (χ2n) is 6.11. The molecule has 0 aliphatic heterocycles. The van der Waals surface area contributed by atoms with Crippen LogP contribution in [0, 0.1) is 16.0 Å². The summed E-state index contributed by atoms with van der Waals surface area (Å²) in [6, 6.07) is 4.51. The van der Waals surface area contributed by atoms with Crippen molar-refractivity contribution in [3.8, 4) is 0 Å². The topological polar surface area (TPSA) is 98.3 Å². The SMILES string of the molecule is C[C@H]1CCCC[C@H]1NC(=O)CSc1nc2cc([N+](=O)[O-])ccc2o1. The van der Waals surface area contributed by atoms with Crippen LogP contribution in [0.5, 0.6) is 0 Å². The number of non-ortho nitro benzene ring substituents is 1. The first-order chi connectivity index (χ1) is 11.5. The van der Waals surface area contributed by atoms with Crippen LogP contribution in [-0.4, -0.2) is 27.6 Å². The van der Waals surface area contributed by atoms with E-state index in [-0.39, 0.29) is 23.4 Å². The fourth-order valence-corrected chi connectivity index (χ4v) is 3.63. The lowest BCUT2D eigenvalue weighted by Crippen LogP contribution is -2.41. The summed E-state index contributed by atoms with van der Waals surface area (Å²) in [5.41, 5.74) is 0.869. The number of nitrogens with zero attached hydrogens (tertiary/aromatic N) is 2. The normalized spacial score (nSPS) is 20.9. The average Bonchev–Trinajstić information content (AvgIpc) is 2.97. The second kappa shape index (κ2) is 7.21. The van der Waals surface area contributed by atoms with Crippen molar-refractivity contribution in [2.24, 2.45) is 5.92 Å². The van der Waals surface area contributed by atoms with Crippen molar-refractivity contribution in [1.29, 1.82) is 0 Å². The van der Waals surface area contributed by atoms with E-state index in [0.29, 0.717) is 22.2 Å². The minimum atomic E-state index is -0.472. The van der Waals surface area contributed by atoms with E-state index in [1.165, 1.54) is 36.4 Å². The van der Waals surface area contributed by atoms with Gasteiger partial charge < -0.3 is 9.73 Å². The van der Waals surface area contributed by atoms with Gasteiger partial charge in [0.05, 0.1) is 10.7 Å². The molecule has 7 nitrogen and oxygen atoms in total. The van der Waals surface area contributed by atoms with Gasteiger partial charge in [-0.3, -0.25) is 14.9 Å². The number of carbonyl (C=O) groups excluding carboxylic acids is 1. The Kier molecular flexibility index (Phi) is 5.03. The van der Waals surface area contributed by atoms with E-state index in [9.17, 15) is 14.9 Å². The molecular formula is C16H19N3O4S. The summed E-state index contributed by atoms with van der Waals surface area (Å²) in [7, 11) is 0. The molecule has 1 saturated carbocycles. The highest BCUT2D eigenvalue weighted by molar-refractivity contribution is 7.99. The van der Waals surface area contributed by atoms with Crippen LogP contribution in [0.25, 0.3) is 11.1 Å². The number of carbonyl (C=O) groups is 1. The van der Waals surface area contributed by atoms with E-state index in [0.717, 1.165) is 19.3 Å². The third-order valence-electron chi connectivity index (χ3n) is 4.35. The number of thioether (sulfide) groups is 1. The molecule has 2 aromatic rings. The number of benzene rings is 1. The Balaban J connectivity index is 1.58. The summed E-state index contributed by atoms with van der Waals surface area (Å²) in [6.45, 7) is 2.17. The number of nitro benzene ring substituents is 1. The van der Waals surface area contributed by atoms with Crippen LogP contribution in [0.1, 0.15) is 32.6 Å². The first kappa shape index (κ1) is 16.8. The molecule has 1 aliphatic carbocycles. The monoisotopic (exact) mass is 349 g/mol. The van der Waals surface area contributed by atoms with Gasteiger partial charge in [0.25, 0.3) is 10.9 Å². The van der Waals surface area contributed by atoms with Crippen LogP contribution in [0.2, 0.25) is 0 Å². The summed E-state index contributed by atoms with van der Waals surface area (Å²) in [5, 5.41) is 14.2. The van der Waals surface area contributed by atoms with Gasteiger partial charge in [-0.05, 0) is 24.8 Å². The summed E-state index contributed by atoms with van der Waals surface area (Å²) in [5.74, 6) is 0.697. The van der Waals surface area contributed by atoms with Crippen molar-refractivity contribution in [3.63, 3.8) is 0 Å². The van der Waals surface area contributed by atoms with Crippen LogP contribution in [0.3, 0.4) is 0 Å². The molecule has 1 amide bonds. The summed E-state index contributed by atoms with van der Waals surface area (Å²) in [4.78, 5) is 26.6. The molecule has 1 aromatic heterocycles. The maximum absolute atomic E-state index is 12.1. The molecule has 1 aromatic carbocycles. The van der Waals surface area contributed by atoms with Crippen molar-refractivity contribution in [3.05, 3.63) is 28.3 Å². The number of hydrogen-bond donors (Lipinski definition) is 1. The number of fused-ring (bicyclic) bond motifs is 1. The lowest BCUT2D eigenvalue weighted by molar-refractivity contribution is -0.384. The molecule has 0 unspecified atom stereocenters. The van der Waals surface area contributed by atoms with E-state index in [1.54, 1.807) is 0 Å². The minimum absolute atomic E-state index is 0.0311. The number of nitro groups is 1. The number of oxazole rings is 1. The van der Waals surface area contributed by atoms with E-state index < -0.39 is 4.92 Å². The van der Waals surface area contributed by atoms with Gasteiger partial charge in [0.15, 0.2) is 5.58 Å². The average molecular weight is 349 g/mol. The Labute approximate surface area is 143 Å². The van der Waals surface area contributed by atoms with Crippen molar-refractivity contribution < 1.29 is 14.1 Å². The summed E-state index contributed by atoms with van der Waals surface area (Å²) >= 11 is 1.20. The van der Waals surface area contributed by atoms with E-state index in [1.807, 2.05) is 0 Å². The van der Waals surface area contributed by atoms with Gasteiger partial charge in [0.2, 0.25) is 5.91 Å². The highest BCUT2D eigenvalue weighted by atomic mass is 32.2. The van der Waals surface area contributed by atoms with Crippen molar-refractivity contribution in [1.82, 2.24) is 10.3 Å². The smallest absolute Gasteiger partial charge is 0.271 e. The highest BCUT2D eigenvalue weighted by Gasteiger charge is 2.23. The standard InChI is InChI=1S/C16H19N3O4S/c1-10-4-2-3-5-12(10)17-15(20)9-24-16-18-13-8-11(19(21)22)6-7-14(13)23-16/h6-8,10,12H,2-5,9H2,1H3,(H,17,20)/t10-,12+/m0/s1. The highest BCUT2D eigenvalue weighted by Crippen LogP contribution is 2.27. The maximum Gasteiger partial charge on any atom is 0.271 e. The van der Waals surface area contributed by atoms with E-state index in [2.05, 4.69) is 17.2 Å².